The summed E-state index contributed by atoms with van der Waals surface area (Å²) in [5.41, 5.74) is 1.60. The van der Waals surface area contributed by atoms with Crippen LogP contribution >= 0.6 is 0 Å². The van der Waals surface area contributed by atoms with E-state index in [1.165, 1.54) is 0 Å². The lowest BCUT2D eigenvalue weighted by Crippen LogP contribution is -2.21. The fraction of sp³-hybridized carbons (Fsp3) is 0.500. The quantitative estimate of drug-likeness (QED) is 0.495. The Bertz CT molecular complexity index is 195. The van der Waals surface area contributed by atoms with Crippen LogP contribution in [0.3, 0.4) is 0 Å². The number of hydrogen-bond donors (Lipinski definition) is 0. The van der Waals surface area contributed by atoms with Crippen molar-refractivity contribution in [3.8, 4) is 0 Å². The van der Waals surface area contributed by atoms with Gasteiger partial charge in [-0.1, -0.05) is 0 Å². The third-order valence-electron chi connectivity index (χ3n) is 0.928. The van der Waals surface area contributed by atoms with Crippen molar-refractivity contribution in [1.29, 1.82) is 0 Å². The molecular weight excluding hydrogens is 149 g/mol. The summed E-state index contributed by atoms with van der Waals surface area (Å²) >= 11 is 0. The molecule has 0 spiro atoms. The molecular formula is C4H2F3N2O. The summed E-state index contributed by atoms with van der Waals surface area (Å²) in [4.78, 5) is 10.1. The molecule has 3 nitrogen and oxygen atoms in total. The normalized spacial score (nSPS) is 18.7. The van der Waals surface area contributed by atoms with Crippen molar-refractivity contribution in [2.24, 2.45) is 5.10 Å². The first-order chi connectivity index (χ1) is 4.50. The Morgan fingerprint density at radius 2 is 2.00 bits per heavy atom. The summed E-state index contributed by atoms with van der Waals surface area (Å²) in [6.07, 6.45) is -5.22. The lowest BCUT2D eigenvalue weighted by molar-refractivity contribution is -0.119. The van der Waals surface area contributed by atoms with E-state index in [1.807, 2.05) is 0 Å². The van der Waals surface area contributed by atoms with E-state index < -0.39 is 24.2 Å². The summed E-state index contributed by atoms with van der Waals surface area (Å²) in [5.74, 6) is -0.840. The van der Waals surface area contributed by atoms with Crippen molar-refractivity contribution in [3.63, 3.8) is 0 Å². The van der Waals surface area contributed by atoms with Gasteiger partial charge in [-0.05, 0) is 0 Å². The van der Waals surface area contributed by atoms with Crippen LogP contribution < -0.4 is 5.43 Å². The van der Waals surface area contributed by atoms with E-state index in [0.29, 0.717) is 0 Å². The van der Waals surface area contributed by atoms with Crippen molar-refractivity contribution < 1.29 is 18.0 Å². The highest BCUT2D eigenvalue weighted by Gasteiger charge is 2.40. The molecule has 0 unspecified atom stereocenters. The van der Waals surface area contributed by atoms with Gasteiger partial charge in [-0.25, -0.2) is 0 Å². The third-order valence-corrected chi connectivity index (χ3v) is 0.928. The molecule has 0 bridgehead atoms. The van der Waals surface area contributed by atoms with Crippen LogP contribution in [-0.2, 0) is 4.79 Å². The van der Waals surface area contributed by atoms with Gasteiger partial charge in [-0.15, -0.1) is 10.5 Å². The zero-order valence-electron chi connectivity index (χ0n) is 4.64. The standard InChI is InChI=1S/C4H2F3N2O/c5-4(6,7)2-1-3(10)9-8-2/h1H2. The second-order valence-electron chi connectivity index (χ2n) is 1.71. The Morgan fingerprint density at radius 3 is 2.20 bits per heavy atom. The van der Waals surface area contributed by atoms with Crippen molar-refractivity contribution in [2.75, 3.05) is 0 Å². The molecule has 55 valence electrons. The summed E-state index contributed by atoms with van der Waals surface area (Å²) in [7, 11) is 0. The molecule has 1 heterocycles. The van der Waals surface area contributed by atoms with E-state index in [0.717, 1.165) is 0 Å². The first kappa shape index (κ1) is 7.04. The molecule has 1 amide bonds. The van der Waals surface area contributed by atoms with E-state index >= 15 is 0 Å². The van der Waals surface area contributed by atoms with Gasteiger partial charge in [0, 0.05) is 0 Å². The van der Waals surface area contributed by atoms with Crippen LogP contribution in [0.15, 0.2) is 5.10 Å². The molecule has 10 heavy (non-hydrogen) atoms. The smallest absolute Gasteiger partial charge is 0.270 e. The molecule has 0 N–H and O–H groups in total. The minimum Gasteiger partial charge on any atom is -0.270 e. The Hall–Kier alpha value is -1.07. The zero-order valence-corrected chi connectivity index (χ0v) is 4.64. The second kappa shape index (κ2) is 1.96. The van der Waals surface area contributed by atoms with E-state index in [4.69, 9.17) is 0 Å². The van der Waals surface area contributed by atoms with Crippen LogP contribution in [0.25, 0.3) is 0 Å². The van der Waals surface area contributed by atoms with Crippen LogP contribution in [-0.4, -0.2) is 17.8 Å². The SMILES string of the molecule is O=C1CC(C(F)(F)F)=N[N]1. The molecule has 1 aliphatic rings. The van der Waals surface area contributed by atoms with Crippen LogP contribution in [0.5, 0.6) is 0 Å². The average Bonchev–Trinajstić information content (AvgIpc) is 2.11. The summed E-state index contributed by atoms with van der Waals surface area (Å²) < 4.78 is 34.8. The summed E-state index contributed by atoms with van der Waals surface area (Å²) in [5, 5.41) is 2.66. The number of alkyl halides is 3. The number of rotatable bonds is 0. The monoisotopic (exact) mass is 151 g/mol. The average molecular weight is 151 g/mol. The molecule has 0 aromatic carbocycles. The predicted octanol–water partition coefficient (Wildman–Crippen LogP) is 0.439. The van der Waals surface area contributed by atoms with Crippen LogP contribution in [0.4, 0.5) is 13.2 Å². The van der Waals surface area contributed by atoms with Gasteiger partial charge in [0.2, 0.25) is 0 Å². The topological polar surface area (TPSA) is 43.5 Å². The van der Waals surface area contributed by atoms with Crippen LogP contribution in [0.1, 0.15) is 6.42 Å². The summed E-state index contributed by atoms with van der Waals surface area (Å²) in [6, 6.07) is 0. The molecule has 6 heteroatoms. The minimum absolute atomic E-state index is 0.719. The number of amides is 1. The van der Waals surface area contributed by atoms with Crippen molar-refractivity contribution in [3.05, 3.63) is 0 Å². The molecule has 0 atom stereocenters. The Labute approximate surface area is 53.9 Å². The Morgan fingerprint density at radius 1 is 1.40 bits per heavy atom. The zero-order chi connectivity index (χ0) is 7.78. The maximum atomic E-state index is 11.6. The van der Waals surface area contributed by atoms with Crippen molar-refractivity contribution in [1.82, 2.24) is 5.43 Å². The van der Waals surface area contributed by atoms with Crippen molar-refractivity contribution in [2.45, 2.75) is 12.6 Å². The fourth-order valence-electron chi connectivity index (χ4n) is 0.487. The first-order valence-electron chi connectivity index (χ1n) is 2.38. The number of carbonyl (C=O) groups is 1. The minimum atomic E-state index is -4.50. The van der Waals surface area contributed by atoms with Gasteiger partial charge in [0.15, 0.2) is 5.71 Å². The highest BCUT2D eigenvalue weighted by molar-refractivity contribution is 6.07. The van der Waals surface area contributed by atoms with Gasteiger partial charge in [-0.3, -0.25) is 4.79 Å². The molecule has 0 aromatic rings. The third kappa shape index (κ3) is 1.26. The second-order valence-corrected chi connectivity index (χ2v) is 1.71. The molecule has 0 saturated heterocycles. The van der Waals surface area contributed by atoms with Crippen LogP contribution in [0, 0.1) is 0 Å². The molecule has 0 fully saturated rings. The van der Waals surface area contributed by atoms with E-state index in [-0.39, 0.29) is 0 Å². The number of carbonyl (C=O) groups excluding carboxylic acids is 1. The largest absolute Gasteiger partial charge is 0.431 e. The van der Waals surface area contributed by atoms with E-state index in [9.17, 15) is 18.0 Å². The number of nitrogens with zero attached hydrogens (tertiary/aromatic N) is 2. The van der Waals surface area contributed by atoms with Crippen LogP contribution in [0.2, 0.25) is 0 Å². The van der Waals surface area contributed by atoms with E-state index in [2.05, 4.69) is 10.5 Å². The van der Waals surface area contributed by atoms with Gasteiger partial charge in [0.1, 0.15) is 0 Å². The van der Waals surface area contributed by atoms with E-state index in [1.54, 1.807) is 0 Å². The van der Waals surface area contributed by atoms with Gasteiger partial charge < -0.3 is 0 Å². The van der Waals surface area contributed by atoms with Gasteiger partial charge in [0.05, 0.1) is 6.42 Å². The van der Waals surface area contributed by atoms with Gasteiger partial charge in [-0.2, -0.15) is 13.2 Å². The first-order valence-corrected chi connectivity index (χ1v) is 2.38. The Kier molecular flexibility index (Phi) is 1.38. The number of halogens is 3. The highest BCUT2D eigenvalue weighted by Crippen LogP contribution is 2.21. The van der Waals surface area contributed by atoms with Gasteiger partial charge >= 0.3 is 6.18 Å². The molecule has 0 aromatic heterocycles. The molecule has 1 rings (SSSR count). The molecule has 1 radical (unpaired) electrons. The summed E-state index contributed by atoms with van der Waals surface area (Å²) in [6.45, 7) is 0. The molecule has 0 saturated carbocycles. The predicted molar refractivity (Wildman–Crippen MR) is 25.2 cm³/mol. The van der Waals surface area contributed by atoms with Gasteiger partial charge in [0.25, 0.3) is 5.91 Å². The lowest BCUT2D eigenvalue weighted by atomic mass is 10.3. The Balaban J connectivity index is 2.69. The highest BCUT2D eigenvalue weighted by atomic mass is 19.4. The molecule has 1 aliphatic heterocycles. The van der Waals surface area contributed by atoms with Crippen molar-refractivity contribution >= 4 is 11.6 Å². The maximum Gasteiger partial charge on any atom is 0.431 e. The molecule has 0 aliphatic carbocycles. The maximum absolute atomic E-state index is 11.6. The fourth-order valence-corrected chi connectivity index (χ4v) is 0.487. The lowest BCUT2D eigenvalue weighted by Gasteiger charge is -2.00. The number of hydrogen-bond acceptors (Lipinski definition) is 2.